The number of nitrogens with zero attached hydrogens (tertiary/aromatic N) is 1. The summed E-state index contributed by atoms with van der Waals surface area (Å²) in [6, 6.07) is 14.5. The Balaban J connectivity index is 1.70. The highest BCUT2D eigenvalue weighted by Gasteiger charge is 2.34. The first-order valence-electron chi connectivity index (χ1n) is 10.4. The van der Waals surface area contributed by atoms with Gasteiger partial charge < -0.3 is 10.1 Å². The predicted molar refractivity (Wildman–Crippen MR) is 117 cm³/mol. The van der Waals surface area contributed by atoms with Crippen LogP contribution >= 0.6 is 0 Å². The van der Waals surface area contributed by atoms with E-state index in [0.29, 0.717) is 31.7 Å². The van der Waals surface area contributed by atoms with E-state index in [4.69, 9.17) is 4.74 Å². The van der Waals surface area contributed by atoms with Crippen LogP contribution in [0, 0.1) is 12.8 Å². The number of carbonyl (C=O) groups excluding carboxylic acids is 1. The molecule has 0 bridgehead atoms. The summed E-state index contributed by atoms with van der Waals surface area (Å²) >= 11 is 0. The van der Waals surface area contributed by atoms with Crippen molar-refractivity contribution >= 4 is 15.9 Å². The Bertz CT molecular complexity index is 976. The molecule has 0 radical (unpaired) electrons. The van der Waals surface area contributed by atoms with Crippen LogP contribution in [0.5, 0.6) is 5.75 Å². The average Bonchev–Trinajstić information content (AvgIpc) is 2.76. The lowest BCUT2D eigenvalue weighted by atomic mass is 9.98. The van der Waals surface area contributed by atoms with E-state index in [1.54, 1.807) is 18.2 Å². The van der Waals surface area contributed by atoms with Gasteiger partial charge in [-0.2, -0.15) is 4.31 Å². The highest BCUT2D eigenvalue weighted by molar-refractivity contribution is 7.89. The van der Waals surface area contributed by atoms with Crippen molar-refractivity contribution in [2.45, 2.75) is 44.6 Å². The zero-order chi connectivity index (χ0) is 21.7. The van der Waals surface area contributed by atoms with Crippen LogP contribution in [0.15, 0.2) is 53.4 Å². The van der Waals surface area contributed by atoms with Gasteiger partial charge in [0.15, 0.2) is 0 Å². The van der Waals surface area contributed by atoms with E-state index in [1.807, 2.05) is 51.1 Å². The maximum Gasteiger partial charge on any atom is 0.243 e. The summed E-state index contributed by atoms with van der Waals surface area (Å²) < 4.78 is 33.3. The van der Waals surface area contributed by atoms with Crippen molar-refractivity contribution in [2.24, 2.45) is 5.92 Å². The van der Waals surface area contributed by atoms with Crippen LogP contribution in [0.1, 0.15) is 43.9 Å². The van der Waals surface area contributed by atoms with E-state index in [9.17, 15) is 13.2 Å². The van der Waals surface area contributed by atoms with Crippen LogP contribution in [0.25, 0.3) is 0 Å². The van der Waals surface area contributed by atoms with Gasteiger partial charge in [0.1, 0.15) is 5.75 Å². The minimum atomic E-state index is -3.67. The van der Waals surface area contributed by atoms with Gasteiger partial charge in [-0.05, 0) is 62.9 Å². The summed E-state index contributed by atoms with van der Waals surface area (Å²) in [4.78, 5) is 13.1. The van der Waals surface area contributed by atoms with Crippen molar-refractivity contribution in [3.05, 3.63) is 59.7 Å². The van der Waals surface area contributed by atoms with Gasteiger partial charge in [0, 0.05) is 13.1 Å². The standard InChI is InChI=1S/C23H30N2O4S/c1-4-29-22-13-12-21(15-17(22)2)30(27,28)25-14-8-11-20(16-25)23(26)24-18(3)19-9-6-5-7-10-19/h5-7,9-10,12-13,15,18,20H,4,8,11,14,16H2,1-3H3,(H,24,26)/t18-,20-/m1/s1. The molecule has 6 nitrogen and oxygen atoms in total. The van der Waals surface area contributed by atoms with Gasteiger partial charge in [0.05, 0.1) is 23.5 Å². The monoisotopic (exact) mass is 430 g/mol. The van der Waals surface area contributed by atoms with E-state index in [0.717, 1.165) is 11.1 Å². The topological polar surface area (TPSA) is 75.7 Å². The molecule has 0 aromatic heterocycles. The van der Waals surface area contributed by atoms with E-state index in [-0.39, 0.29) is 29.3 Å². The summed E-state index contributed by atoms with van der Waals surface area (Å²) in [5.74, 6) is 0.222. The van der Waals surface area contributed by atoms with Crippen LogP contribution in [-0.4, -0.2) is 38.3 Å². The molecule has 2 aromatic carbocycles. The maximum absolute atomic E-state index is 13.2. The van der Waals surface area contributed by atoms with Crippen LogP contribution in [0.4, 0.5) is 0 Å². The van der Waals surface area contributed by atoms with Crippen molar-refractivity contribution in [3.8, 4) is 5.75 Å². The lowest BCUT2D eigenvalue weighted by Gasteiger charge is -2.32. The molecule has 0 saturated carbocycles. The zero-order valence-corrected chi connectivity index (χ0v) is 18.6. The third-order valence-corrected chi connectivity index (χ3v) is 7.36. The Kier molecular flexibility index (Phi) is 7.15. The van der Waals surface area contributed by atoms with Gasteiger partial charge in [-0.1, -0.05) is 30.3 Å². The summed E-state index contributed by atoms with van der Waals surface area (Å²) in [5.41, 5.74) is 1.80. The quantitative estimate of drug-likeness (QED) is 0.727. The van der Waals surface area contributed by atoms with Gasteiger partial charge in [-0.3, -0.25) is 4.79 Å². The van der Waals surface area contributed by atoms with Crippen LogP contribution in [0.2, 0.25) is 0 Å². The van der Waals surface area contributed by atoms with Crippen LogP contribution < -0.4 is 10.1 Å². The molecule has 1 N–H and O–H groups in total. The molecule has 1 heterocycles. The lowest BCUT2D eigenvalue weighted by Crippen LogP contribution is -2.45. The van der Waals surface area contributed by atoms with Crippen LogP contribution in [-0.2, 0) is 14.8 Å². The number of amides is 1. The number of benzene rings is 2. The molecule has 0 spiro atoms. The van der Waals surface area contributed by atoms with Crippen molar-refractivity contribution in [1.82, 2.24) is 9.62 Å². The minimum absolute atomic E-state index is 0.103. The number of carbonyl (C=O) groups is 1. The average molecular weight is 431 g/mol. The molecule has 30 heavy (non-hydrogen) atoms. The first kappa shape index (κ1) is 22.3. The second-order valence-electron chi connectivity index (χ2n) is 7.70. The summed E-state index contributed by atoms with van der Waals surface area (Å²) in [7, 11) is -3.67. The molecule has 0 unspecified atom stereocenters. The molecule has 1 fully saturated rings. The molecule has 7 heteroatoms. The summed E-state index contributed by atoms with van der Waals surface area (Å²) in [6.45, 7) is 6.81. The van der Waals surface area contributed by atoms with E-state index in [1.165, 1.54) is 4.31 Å². The lowest BCUT2D eigenvalue weighted by molar-refractivity contribution is -0.126. The number of rotatable bonds is 7. The number of sulfonamides is 1. The van der Waals surface area contributed by atoms with Crippen molar-refractivity contribution in [2.75, 3.05) is 19.7 Å². The van der Waals surface area contributed by atoms with Crippen molar-refractivity contribution in [1.29, 1.82) is 0 Å². The Labute approximate surface area is 179 Å². The zero-order valence-electron chi connectivity index (χ0n) is 17.8. The van der Waals surface area contributed by atoms with Gasteiger partial charge in [0.25, 0.3) is 0 Å². The number of nitrogens with one attached hydrogen (secondary N) is 1. The summed E-state index contributed by atoms with van der Waals surface area (Å²) in [5, 5.41) is 3.03. The molecular weight excluding hydrogens is 400 g/mol. The first-order valence-corrected chi connectivity index (χ1v) is 11.9. The summed E-state index contributed by atoms with van der Waals surface area (Å²) in [6.07, 6.45) is 1.34. The van der Waals surface area contributed by atoms with Gasteiger partial charge in [-0.25, -0.2) is 8.42 Å². The molecule has 0 aliphatic carbocycles. The predicted octanol–water partition coefficient (Wildman–Crippen LogP) is 3.67. The van der Waals surface area contributed by atoms with Crippen LogP contribution in [0.3, 0.4) is 0 Å². The number of hydrogen-bond donors (Lipinski definition) is 1. The molecule has 2 aromatic rings. The van der Waals surface area contributed by atoms with Gasteiger partial charge in [0.2, 0.25) is 15.9 Å². The number of hydrogen-bond acceptors (Lipinski definition) is 4. The van der Waals surface area contributed by atoms with Crippen molar-refractivity contribution in [3.63, 3.8) is 0 Å². The number of aryl methyl sites for hydroxylation is 1. The second-order valence-corrected chi connectivity index (χ2v) is 9.64. The maximum atomic E-state index is 13.2. The highest BCUT2D eigenvalue weighted by atomic mass is 32.2. The molecular formula is C23H30N2O4S. The van der Waals surface area contributed by atoms with Crippen molar-refractivity contribution < 1.29 is 17.9 Å². The molecule has 3 rings (SSSR count). The normalized spacial score (nSPS) is 18.6. The fraction of sp³-hybridized carbons (Fsp3) is 0.435. The first-order chi connectivity index (χ1) is 14.3. The Morgan fingerprint density at radius 1 is 1.23 bits per heavy atom. The third-order valence-electron chi connectivity index (χ3n) is 5.50. The SMILES string of the molecule is CCOc1ccc(S(=O)(=O)N2CCC[C@@H](C(=O)N[C@H](C)c3ccccc3)C2)cc1C. The Morgan fingerprint density at radius 2 is 1.97 bits per heavy atom. The molecule has 2 atom stereocenters. The second kappa shape index (κ2) is 9.62. The molecule has 1 aliphatic heterocycles. The van der Waals surface area contributed by atoms with Gasteiger partial charge in [-0.15, -0.1) is 0 Å². The third kappa shape index (κ3) is 5.02. The van der Waals surface area contributed by atoms with E-state index >= 15 is 0 Å². The largest absolute Gasteiger partial charge is 0.494 e. The molecule has 162 valence electrons. The number of piperidine rings is 1. The number of ether oxygens (including phenoxy) is 1. The molecule has 1 aliphatic rings. The highest BCUT2D eigenvalue weighted by Crippen LogP contribution is 2.28. The minimum Gasteiger partial charge on any atom is -0.494 e. The van der Waals surface area contributed by atoms with E-state index < -0.39 is 10.0 Å². The Hall–Kier alpha value is -2.38. The smallest absolute Gasteiger partial charge is 0.243 e. The fourth-order valence-corrected chi connectivity index (χ4v) is 5.39. The van der Waals surface area contributed by atoms with E-state index in [2.05, 4.69) is 5.32 Å². The molecule has 1 amide bonds. The van der Waals surface area contributed by atoms with Gasteiger partial charge >= 0.3 is 0 Å². The Morgan fingerprint density at radius 3 is 2.63 bits per heavy atom. The fourth-order valence-electron chi connectivity index (χ4n) is 3.78. The molecule has 1 saturated heterocycles.